The van der Waals surface area contributed by atoms with Crippen LogP contribution < -0.4 is 9.96 Å². The lowest BCUT2D eigenvalue weighted by atomic mass is 9.83. The van der Waals surface area contributed by atoms with Crippen molar-refractivity contribution in [3.63, 3.8) is 0 Å². The first-order chi connectivity index (χ1) is 8.74. The van der Waals surface area contributed by atoms with Crippen LogP contribution in [0, 0.1) is 0 Å². The Morgan fingerprint density at radius 1 is 1.56 bits per heavy atom. The number of carbonyl (C=O) groups is 2. The Hall–Kier alpha value is -1.82. The molecule has 1 aromatic carbocycles. The van der Waals surface area contributed by atoms with E-state index in [-0.39, 0.29) is 5.92 Å². The zero-order valence-corrected chi connectivity index (χ0v) is 9.70. The van der Waals surface area contributed by atoms with Crippen LogP contribution in [0.3, 0.4) is 0 Å². The van der Waals surface area contributed by atoms with E-state index in [1.54, 1.807) is 0 Å². The molecule has 0 aliphatic carbocycles. The van der Waals surface area contributed by atoms with E-state index in [1.807, 2.05) is 24.3 Å². The van der Waals surface area contributed by atoms with Gasteiger partial charge >= 0.3 is 5.97 Å². The summed E-state index contributed by atoms with van der Waals surface area (Å²) in [5, 5.41) is 11.9. The van der Waals surface area contributed by atoms with Crippen molar-refractivity contribution >= 4 is 19.6 Å². The van der Waals surface area contributed by atoms with Crippen LogP contribution in [0.25, 0.3) is 0 Å². The average Bonchev–Trinajstić information content (AvgIpc) is 2.39. The van der Waals surface area contributed by atoms with E-state index in [4.69, 9.17) is 4.74 Å². The second kappa shape index (κ2) is 5.68. The van der Waals surface area contributed by atoms with E-state index < -0.39 is 12.0 Å². The fraction of sp³-hybridized carbons (Fsp3) is 0.333. The quantitative estimate of drug-likeness (QED) is 0.581. The normalized spacial score (nSPS) is 19.2. The van der Waals surface area contributed by atoms with Crippen molar-refractivity contribution in [3.05, 3.63) is 29.8 Å². The Balaban J connectivity index is 2.26. The van der Waals surface area contributed by atoms with Gasteiger partial charge in [0.25, 0.3) is 7.41 Å². The number of rotatable bonds is 5. The molecular weight excluding hydrogens is 233 g/mol. The van der Waals surface area contributed by atoms with E-state index in [0.29, 0.717) is 25.0 Å². The first-order valence-electron chi connectivity index (χ1n) is 5.71. The number of hydrogen-bond donors (Lipinski definition) is 2. The molecule has 1 radical (unpaired) electrons. The summed E-state index contributed by atoms with van der Waals surface area (Å²) in [7, 11) is 1.12. The molecule has 1 unspecified atom stereocenters. The van der Waals surface area contributed by atoms with Gasteiger partial charge in [-0.15, -0.1) is 0 Å². The predicted molar refractivity (Wildman–Crippen MR) is 66.4 cm³/mol. The van der Waals surface area contributed by atoms with Gasteiger partial charge in [0.15, 0.2) is 0 Å². The third-order valence-electron chi connectivity index (χ3n) is 3.02. The summed E-state index contributed by atoms with van der Waals surface area (Å²) >= 11 is 0. The molecule has 0 spiro atoms. The van der Waals surface area contributed by atoms with Crippen molar-refractivity contribution in [2.45, 2.75) is 18.4 Å². The van der Waals surface area contributed by atoms with Crippen molar-refractivity contribution in [1.29, 1.82) is 0 Å². The third kappa shape index (κ3) is 2.54. The summed E-state index contributed by atoms with van der Waals surface area (Å²) in [4.78, 5) is 21.6. The van der Waals surface area contributed by atoms with Crippen molar-refractivity contribution < 1.29 is 19.4 Å². The number of hydrogen-bond acceptors (Lipinski definition) is 4. The van der Waals surface area contributed by atoms with Gasteiger partial charge in [0, 0.05) is 5.92 Å². The Labute approximate surface area is 105 Å². The van der Waals surface area contributed by atoms with Crippen LogP contribution in [0.4, 0.5) is 0 Å². The van der Waals surface area contributed by atoms with Gasteiger partial charge in [0.05, 0.1) is 12.8 Å². The number of nitrogens with one attached hydrogen (secondary N) is 1. The highest BCUT2D eigenvalue weighted by Crippen LogP contribution is 2.35. The molecule has 5 nitrogen and oxygen atoms in total. The lowest BCUT2D eigenvalue weighted by molar-refractivity contribution is -0.139. The lowest BCUT2D eigenvalue weighted by Crippen LogP contribution is -2.45. The highest BCUT2D eigenvalue weighted by molar-refractivity contribution is 6.64. The highest BCUT2D eigenvalue weighted by Gasteiger charge is 2.32. The van der Waals surface area contributed by atoms with E-state index in [9.17, 15) is 14.7 Å². The van der Waals surface area contributed by atoms with E-state index in [2.05, 4.69) is 5.23 Å². The van der Waals surface area contributed by atoms with Gasteiger partial charge in [-0.25, -0.2) is 0 Å². The fourth-order valence-corrected chi connectivity index (χ4v) is 2.22. The van der Waals surface area contributed by atoms with Crippen LogP contribution in [0.5, 0.6) is 5.75 Å². The minimum atomic E-state index is -0.977. The number of carboxylic acids is 1. The molecular formula is C12H13BNO4. The Morgan fingerprint density at radius 2 is 2.33 bits per heavy atom. The standard InChI is InChI=1S/C12H13BNO4/c15-7-13-14-11(12(16)17)9-5-6-18-10-4-2-1-3-8(9)10/h1-4,7,9,11,14H,5-6H2,(H,16,17)/t9?,11-/m1/s1. The van der Waals surface area contributed by atoms with Crippen molar-refractivity contribution in [1.82, 2.24) is 5.23 Å². The lowest BCUT2D eigenvalue weighted by Gasteiger charge is -2.30. The molecule has 1 aliphatic heterocycles. The number of carboxylic acid groups (broad SMARTS) is 1. The number of para-hydroxylation sites is 1. The molecule has 1 aromatic rings. The van der Waals surface area contributed by atoms with Crippen LogP contribution in [0.15, 0.2) is 24.3 Å². The van der Waals surface area contributed by atoms with E-state index in [0.717, 1.165) is 13.0 Å². The third-order valence-corrected chi connectivity index (χ3v) is 3.02. The molecule has 0 saturated heterocycles. The number of carbonyl (C=O) groups excluding carboxylic acids is 1. The smallest absolute Gasteiger partial charge is 0.320 e. The summed E-state index contributed by atoms with van der Waals surface area (Å²) < 4.78 is 5.49. The maximum absolute atomic E-state index is 11.3. The van der Waals surface area contributed by atoms with Crippen molar-refractivity contribution in [3.8, 4) is 5.75 Å². The zero-order valence-electron chi connectivity index (χ0n) is 9.70. The first-order valence-corrected chi connectivity index (χ1v) is 5.71. The largest absolute Gasteiger partial charge is 0.493 e. The Bertz CT molecular complexity index is 451. The average molecular weight is 246 g/mol. The molecule has 0 aromatic heterocycles. The van der Waals surface area contributed by atoms with Gasteiger partial charge in [-0.1, -0.05) is 18.2 Å². The SMILES string of the molecule is O=C[B]N[C@@H](C(=O)O)C1CCOc2ccccc21. The second-order valence-corrected chi connectivity index (χ2v) is 4.07. The molecule has 93 valence electrons. The molecule has 18 heavy (non-hydrogen) atoms. The highest BCUT2D eigenvalue weighted by atomic mass is 16.5. The van der Waals surface area contributed by atoms with E-state index >= 15 is 0 Å². The minimum absolute atomic E-state index is 0.205. The number of benzene rings is 1. The van der Waals surface area contributed by atoms with Crippen LogP contribution in [-0.2, 0) is 9.59 Å². The maximum Gasteiger partial charge on any atom is 0.320 e. The van der Waals surface area contributed by atoms with Crippen LogP contribution >= 0.6 is 0 Å². The summed E-state index contributed by atoms with van der Waals surface area (Å²) in [6.45, 7) is 0.480. The fourth-order valence-electron chi connectivity index (χ4n) is 2.22. The molecule has 0 fully saturated rings. The van der Waals surface area contributed by atoms with Gasteiger partial charge in [-0.2, -0.15) is 0 Å². The molecule has 6 heteroatoms. The molecule has 0 saturated carbocycles. The summed E-state index contributed by atoms with van der Waals surface area (Å²) in [5.41, 5.74) is 0.864. The van der Waals surface area contributed by atoms with Crippen LogP contribution in [0.1, 0.15) is 17.9 Å². The van der Waals surface area contributed by atoms with Gasteiger partial charge in [-0.3, -0.25) is 4.79 Å². The summed E-state index contributed by atoms with van der Waals surface area (Å²) in [6, 6.07) is 6.56. The number of fused-ring (bicyclic) bond motifs is 1. The van der Waals surface area contributed by atoms with Gasteiger partial charge in [-0.05, 0) is 18.1 Å². The molecule has 1 heterocycles. The number of ether oxygens (including phenoxy) is 1. The van der Waals surface area contributed by atoms with Gasteiger partial charge < -0.3 is 19.9 Å². The molecule has 0 bridgehead atoms. The van der Waals surface area contributed by atoms with Gasteiger partial charge in [0.1, 0.15) is 11.8 Å². The summed E-state index contributed by atoms with van der Waals surface area (Å²) in [5.74, 6) is -0.466. The molecule has 0 amide bonds. The Morgan fingerprint density at radius 3 is 3.06 bits per heavy atom. The molecule has 2 N–H and O–H groups in total. The molecule has 2 atom stereocenters. The Kier molecular flexibility index (Phi) is 3.99. The topological polar surface area (TPSA) is 75.6 Å². The maximum atomic E-state index is 11.3. The number of aliphatic carboxylic acids is 1. The molecule has 1 aliphatic rings. The second-order valence-electron chi connectivity index (χ2n) is 4.07. The first kappa shape index (κ1) is 12.6. The van der Waals surface area contributed by atoms with E-state index in [1.165, 1.54) is 0 Å². The monoisotopic (exact) mass is 246 g/mol. The molecule has 2 rings (SSSR count). The predicted octanol–water partition coefficient (Wildman–Crippen LogP) is 0.405. The van der Waals surface area contributed by atoms with Crippen LogP contribution in [-0.4, -0.2) is 37.3 Å². The van der Waals surface area contributed by atoms with Crippen molar-refractivity contribution in [2.24, 2.45) is 0 Å². The van der Waals surface area contributed by atoms with Crippen LogP contribution in [0.2, 0.25) is 0 Å². The van der Waals surface area contributed by atoms with Gasteiger partial charge in [0.2, 0.25) is 0 Å². The van der Waals surface area contributed by atoms with Crippen molar-refractivity contribution in [2.75, 3.05) is 6.61 Å². The summed E-state index contributed by atoms with van der Waals surface area (Å²) in [6.07, 6.45) is 1.15. The zero-order chi connectivity index (χ0) is 13.0. The minimum Gasteiger partial charge on any atom is -0.493 e.